The minimum atomic E-state index is 0.617. The monoisotopic (exact) mass is 651 g/mol. The van der Waals surface area contributed by atoms with Crippen molar-refractivity contribution in [1.29, 1.82) is 0 Å². The Balaban J connectivity index is 1.20. The summed E-state index contributed by atoms with van der Waals surface area (Å²) in [5.74, 6) is 1.88. The van der Waals surface area contributed by atoms with E-state index < -0.39 is 0 Å². The first-order chi connectivity index (χ1) is 25.2. The summed E-state index contributed by atoms with van der Waals surface area (Å²) in [6.07, 6.45) is 0. The molecule has 10 rings (SSSR count). The molecule has 0 aliphatic rings. The van der Waals surface area contributed by atoms with Crippen LogP contribution in [0.15, 0.2) is 180 Å². The number of benzene rings is 8. The van der Waals surface area contributed by atoms with Gasteiger partial charge in [-0.2, -0.15) is 0 Å². The zero-order valence-corrected chi connectivity index (χ0v) is 27.5. The van der Waals surface area contributed by atoms with Crippen LogP contribution in [0, 0.1) is 0 Å². The van der Waals surface area contributed by atoms with Crippen LogP contribution in [0.4, 0.5) is 0 Å². The Bertz CT molecular complexity index is 2910. The van der Waals surface area contributed by atoms with E-state index in [1.54, 1.807) is 0 Å². The predicted molar refractivity (Wildman–Crippen MR) is 209 cm³/mol. The Kier molecular flexibility index (Phi) is 6.78. The average Bonchev–Trinajstić information content (AvgIpc) is 3.59. The summed E-state index contributed by atoms with van der Waals surface area (Å²) in [6, 6.07) is 61.2. The second-order valence-electron chi connectivity index (χ2n) is 12.9. The molecule has 0 amide bonds. The number of hydrogen-bond donors (Lipinski definition) is 0. The van der Waals surface area contributed by atoms with Gasteiger partial charge >= 0.3 is 0 Å². The van der Waals surface area contributed by atoms with Gasteiger partial charge in [0, 0.05) is 27.5 Å². The maximum Gasteiger partial charge on any atom is 0.164 e. The zero-order valence-electron chi connectivity index (χ0n) is 27.5. The minimum absolute atomic E-state index is 0.617. The highest BCUT2D eigenvalue weighted by atomic mass is 16.3. The van der Waals surface area contributed by atoms with E-state index in [1.165, 1.54) is 16.2 Å². The molecule has 4 heteroatoms. The number of furan rings is 1. The lowest BCUT2D eigenvalue weighted by Gasteiger charge is -2.13. The zero-order chi connectivity index (χ0) is 33.7. The largest absolute Gasteiger partial charge is 0.456 e. The average molecular weight is 652 g/mol. The molecule has 0 N–H and O–H groups in total. The van der Waals surface area contributed by atoms with Crippen LogP contribution in [0.3, 0.4) is 0 Å². The third-order valence-corrected chi connectivity index (χ3v) is 9.67. The van der Waals surface area contributed by atoms with Gasteiger partial charge in [-0.05, 0) is 86.3 Å². The summed E-state index contributed by atoms with van der Waals surface area (Å²) in [7, 11) is 0. The second-order valence-corrected chi connectivity index (χ2v) is 12.9. The summed E-state index contributed by atoms with van der Waals surface area (Å²) in [4.78, 5) is 15.3. The van der Waals surface area contributed by atoms with E-state index in [4.69, 9.17) is 19.4 Å². The van der Waals surface area contributed by atoms with E-state index >= 15 is 0 Å². The lowest BCUT2D eigenvalue weighted by molar-refractivity contribution is 0.669. The predicted octanol–water partition coefficient (Wildman–Crippen LogP) is 12.4. The van der Waals surface area contributed by atoms with Gasteiger partial charge in [0.05, 0.1) is 0 Å². The first-order valence-electron chi connectivity index (χ1n) is 17.1. The topological polar surface area (TPSA) is 51.8 Å². The highest BCUT2D eigenvalue weighted by Crippen LogP contribution is 2.39. The van der Waals surface area contributed by atoms with Crippen LogP contribution in [-0.4, -0.2) is 15.0 Å². The van der Waals surface area contributed by atoms with Crippen LogP contribution in [0.1, 0.15) is 0 Å². The van der Waals surface area contributed by atoms with E-state index in [-0.39, 0.29) is 0 Å². The van der Waals surface area contributed by atoms with E-state index in [1.807, 2.05) is 36.4 Å². The molecule has 0 atom stereocenters. The van der Waals surface area contributed by atoms with E-state index in [0.29, 0.717) is 17.5 Å². The van der Waals surface area contributed by atoms with Gasteiger partial charge < -0.3 is 4.42 Å². The number of fused-ring (bicyclic) bond motifs is 6. The third-order valence-electron chi connectivity index (χ3n) is 9.67. The fraction of sp³-hybridized carbons (Fsp3) is 0. The Morgan fingerprint density at radius 3 is 1.63 bits per heavy atom. The minimum Gasteiger partial charge on any atom is -0.456 e. The van der Waals surface area contributed by atoms with Gasteiger partial charge in [-0.1, -0.05) is 133 Å². The summed E-state index contributed by atoms with van der Waals surface area (Å²) in [5.41, 5.74) is 8.91. The van der Waals surface area contributed by atoms with Gasteiger partial charge in [0.1, 0.15) is 11.2 Å². The quantitative estimate of drug-likeness (QED) is 0.186. The van der Waals surface area contributed by atoms with Crippen LogP contribution in [0.5, 0.6) is 0 Å². The Morgan fingerprint density at radius 2 is 0.843 bits per heavy atom. The SMILES string of the molecule is c1ccc(-c2cc(-c3ccc4oc5ccc6ccccc6c5c4c3)cc(-c3nc(-c4ccccc4)nc(-c4ccc5ccccc5c4)n3)c2)cc1. The molecular weight excluding hydrogens is 623 g/mol. The third kappa shape index (κ3) is 5.22. The molecule has 0 aliphatic heterocycles. The molecule has 0 unspecified atom stereocenters. The Labute approximate surface area is 294 Å². The van der Waals surface area contributed by atoms with Gasteiger partial charge in [-0.25, -0.2) is 15.0 Å². The molecule has 4 nitrogen and oxygen atoms in total. The van der Waals surface area contributed by atoms with E-state index in [9.17, 15) is 0 Å². The molecule has 0 fully saturated rings. The lowest BCUT2D eigenvalue weighted by Crippen LogP contribution is -2.00. The van der Waals surface area contributed by atoms with Gasteiger partial charge in [0.25, 0.3) is 0 Å². The molecule has 2 heterocycles. The molecule has 0 spiro atoms. The van der Waals surface area contributed by atoms with Gasteiger partial charge in [-0.3, -0.25) is 0 Å². The molecule has 51 heavy (non-hydrogen) atoms. The van der Waals surface area contributed by atoms with Crippen molar-refractivity contribution in [2.45, 2.75) is 0 Å². The maximum absolute atomic E-state index is 6.35. The Hall–Kier alpha value is -6.91. The number of aromatic nitrogens is 3. The van der Waals surface area contributed by atoms with E-state index in [0.717, 1.165) is 66.3 Å². The van der Waals surface area contributed by atoms with Crippen LogP contribution >= 0.6 is 0 Å². The van der Waals surface area contributed by atoms with Crippen molar-refractivity contribution >= 4 is 43.5 Å². The fourth-order valence-electron chi connectivity index (χ4n) is 7.13. The molecule has 0 radical (unpaired) electrons. The highest BCUT2D eigenvalue weighted by molar-refractivity contribution is 6.19. The molecule has 0 saturated carbocycles. The van der Waals surface area contributed by atoms with Crippen molar-refractivity contribution < 1.29 is 4.42 Å². The van der Waals surface area contributed by atoms with Crippen molar-refractivity contribution in [3.63, 3.8) is 0 Å². The van der Waals surface area contributed by atoms with E-state index in [2.05, 4.69) is 140 Å². The summed E-state index contributed by atoms with van der Waals surface area (Å²) in [5, 5.41) is 6.92. The highest BCUT2D eigenvalue weighted by Gasteiger charge is 2.17. The first kappa shape index (κ1) is 29.0. The molecule has 2 aromatic heterocycles. The molecular formula is C47H29N3O. The van der Waals surface area contributed by atoms with Crippen molar-refractivity contribution in [3.05, 3.63) is 176 Å². The summed E-state index contributed by atoms with van der Waals surface area (Å²) >= 11 is 0. The van der Waals surface area contributed by atoms with Gasteiger partial charge in [-0.15, -0.1) is 0 Å². The van der Waals surface area contributed by atoms with Crippen molar-refractivity contribution in [2.24, 2.45) is 0 Å². The van der Waals surface area contributed by atoms with Crippen LogP contribution in [0.25, 0.3) is 99.9 Å². The Morgan fingerprint density at radius 1 is 0.294 bits per heavy atom. The normalized spacial score (nSPS) is 11.5. The number of hydrogen-bond acceptors (Lipinski definition) is 4. The molecule has 10 aromatic rings. The van der Waals surface area contributed by atoms with Gasteiger partial charge in [0.2, 0.25) is 0 Å². The maximum atomic E-state index is 6.35. The molecule has 8 aromatic carbocycles. The molecule has 0 saturated heterocycles. The molecule has 238 valence electrons. The second kappa shape index (κ2) is 11.9. The van der Waals surface area contributed by atoms with Crippen LogP contribution in [0.2, 0.25) is 0 Å². The number of rotatable bonds is 5. The molecule has 0 bridgehead atoms. The fourth-order valence-corrected chi connectivity index (χ4v) is 7.13. The summed E-state index contributed by atoms with van der Waals surface area (Å²) < 4.78 is 6.35. The summed E-state index contributed by atoms with van der Waals surface area (Å²) in [6.45, 7) is 0. The number of nitrogens with zero attached hydrogens (tertiary/aromatic N) is 3. The van der Waals surface area contributed by atoms with Crippen LogP contribution in [-0.2, 0) is 0 Å². The smallest absolute Gasteiger partial charge is 0.164 e. The standard InChI is InChI=1S/C47H29N3O/c1-3-11-30(12-4-1)37-26-38(35-22-23-42-41(29-35)44-40-18-10-9-14-32(40)21-24-43(44)51-42)28-39(27-37)47-49-45(33-15-5-2-6-16-33)48-46(50-47)36-20-19-31-13-7-8-17-34(31)25-36/h1-29H. The van der Waals surface area contributed by atoms with Crippen molar-refractivity contribution in [1.82, 2.24) is 15.0 Å². The lowest BCUT2D eigenvalue weighted by atomic mass is 9.94. The van der Waals surface area contributed by atoms with Crippen molar-refractivity contribution in [3.8, 4) is 56.4 Å². The first-order valence-corrected chi connectivity index (χ1v) is 17.1. The van der Waals surface area contributed by atoms with Crippen LogP contribution < -0.4 is 0 Å². The van der Waals surface area contributed by atoms with Crippen molar-refractivity contribution in [2.75, 3.05) is 0 Å². The molecule has 0 aliphatic carbocycles. The van der Waals surface area contributed by atoms with Gasteiger partial charge in [0.15, 0.2) is 17.5 Å².